The highest BCUT2D eigenvalue weighted by atomic mass is 35.5. The third kappa shape index (κ3) is 6.11. The van der Waals surface area contributed by atoms with E-state index < -0.39 is 0 Å². The zero-order chi connectivity index (χ0) is 24.0. The van der Waals surface area contributed by atoms with Gasteiger partial charge in [0.15, 0.2) is 5.16 Å². The third-order valence-electron chi connectivity index (χ3n) is 5.98. The molecule has 2 aromatic heterocycles. The molecule has 3 heterocycles. The molecule has 1 fully saturated rings. The maximum atomic E-state index is 13.2. The first-order chi connectivity index (χ1) is 17.1. The van der Waals surface area contributed by atoms with Crippen molar-refractivity contribution in [2.45, 2.75) is 29.4 Å². The zero-order valence-electron chi connectivity index (χ0n) is 19.1. The van der Waals surface area contributed by atoms with Gasteiger partial charge in [0.05, 0.1) is 17.1 Å². The van der Waals surface area contributed by atoms with Crippen molar-refractivity contribution in [3.05, 3.63) is 95.3 Å². The molecule has 1 saturated heterocycles. The standard InChI is InChI=1S/C27H26ClN5OS/c28-21(13-19-7-2-1-3-8-19)17-33-18-22(35-27-31-23-10-4-5-11-24(23)32-27)14-25(33)26(34)30-16-20-9-6-12-29-15-20/h1-13,15,22,25H,14,16-18H2,(H,30,34)(H,31,32)/b21-13-/t22-,25+/m1/s1. The minimum Gasteiger partial charge on any atom is -0.351 e. The van der Waals surface area contributed by atoms with Crippen LogP contribution in [-0.2, 0) is 11.3 Å². The number of aromatic nitrogens is 3. The molecule has 1 amide bonds. The number of pyridine rings is 1. The maximum absolute atomic E-state index is 13.2. The molecule has 0 saturated carbocycles. The predicted octanol–water partition coefficient (Wildman–Crippen LogP) is 5.09. The fourth-order valence-electron chi connectivity index (χ4n) is 4.32. The van der Waals surface area contributed by atoms with Crippen LogP contribution in [0, 0.1) is 0 Å². The summed E-state index contributed by atoms with van der Waals surface area (Å²) >= 11 is 8.34. The Labute approximate surface area is 213 Å². The van der Waals surface area contributed by atoms with Gasteiger partial charge in [0, 0.05) is 42.3 Å². The number of H-pyrrole nitrogens is 1. The van der Waals surface area contributed by atoms with Crippen molar-refractivity contribution in [3.63, 3.8) is 0 Å². The van der Waals surface area contributed by atoms with Gasteiger partial charge in [-0.05, 0) is 41.8 Å². The molecular weight excluding hydrogens is 478 g/mol. The van der Waals surface area contributed by atoms with Crippen molar-refractivity contribution in [3.8, 4) is 0 Å². The topological polar surface area (TPSA) is 73.9 Å². The summed E-state index contributed by atoms with van der Waals surface area (Å²) in [5, 5.41) is 4.88. The zero-order valence-corrected chi connectivity index (χ0v) is 20.7. The fraction of sp³-hybridized carbons (Fsp3) is 0.222. The molecule has 6 nitrogen and oxygen atoms in total. The average Bonchev–Trinajstić information content (AvgIpc) is 3.47. The number of benzene rings is 2. The Bertz CT molecular complexity index is 1280. The average molecular weight is 504 g/mol. The highest BCUT2D eigenvalue weighted by Crippen LogP contribution is 2.33. The summed E-state index contributed by atoms with van der Waals surface area (Å²) in [5.74, 6) is 0.00531. The lowest BCUT2D eigenvalue weighted by molar-refractivity contribution is -0.125. The number of thioether (sulfide) groups is 1. The summed E-state index contributed by atoms with van der Waals surface area (Å²) in [5.41, 5.74) is 3.98. The molecule has 1 aliphatic rings. The second kappa shape index (κ2) is 11.1. The van der Waals surface area contributed by atoms with E-state index in [0.29, 0.717) is 18.1 Å². The van der Waals surface area contributed by atoms with Crippen LogP contribution in [0.3, 0.4) is 0 Å². The van der Waals surface area contributed by atoms with Crippen LogP contribution in [0.2, 0.25) is 0 Å². The molecule has 2 N–H and O–H groups in total. The fourth-order valence-corrected chi connectivity index (χ4v) is 5.78. The van der Waals surface area contributed by atoms with Gasteiger partial charge in [-0.2, -0.15) is 0 Å². The third-order valence-corrected chi connectivity index (χ3v) is 7.30. The highest BCUT2D eigenvalue weighted by molar-refractivity contribution is 7.99. The molecule has 178 valence electrons. The van der Waals surface area contributed by atoms with Gasteiger partial charge >= 0.3 is 0 Å². The van der Waals surface area contributed by atoms with E-state index in [1.54, 1.807) is 24.2 Å². The Morgan fingerprint density at radius 3 is 2.77 bits per heavy atom. The summed E-state index contributed by atoms with van der Waals surface area (Å²) in [4.78, 5) is 27.6. The van der Waals surface area contributed by atoms with Gasteiger partial charge in [-0.3, -0.25) is 14.7 Å². The number of nitrogens with one attached hydrogen (secondary N) is 2. The number of imidazole rings is 1. The van der Waals surface area contributed by atoms with Gasteiger partial charge in [-0.25, -0.2) is 4.98 Å². The number of para-hydroxylation sites is 2. The Hall–Kier alpha value is -3.13. The molecule has 2 aromatic carbocycles. The van der Waals surface area contributed by atoms with Crippen LogP contribution < -0.4 is 5.32 Å². The van der Waals surface area contributed by atoms with Crippen LogP contribution in [-0.4, -0.2) is 50.1 Å². The summed E-state index contributed by atoms with van der Waals surface area (Å²) < 4.78 is 0. The summed E-state index contributed by atoms with van der Waals surface area (Å²) in [6.45, 7) is 1.70. The smallest absolute Gasteiger partial charge is 0.237 e. The van der Waals surface area contributed by atoms with Gasteiger partial charge < -0.3 is 10.3 Å². The van der Waals surface area contributed by atoms with Crippen molar-refractivity contribution in [1.29, 1.82) is 0 Å². The van der Waals surface area contributed by atoms with Gasteiger partial charge in [0.1, 0.15) is 0 Å². The number of fused-ring (bicyclic) bond motifs is 1. The van der Waals surface area contributed by atoms with Crippen LogP contribution >= 0.6 is 23.4 Å². The van der Waals surface area contributed by atoms with Crippen molar-refractivity contribution in [1.82, 2.24) is 25.2 Å². The first kappa shape index (κ1) is 23.6. The Morgan fingerprint density at radius 1 is 1.14 bits per heavy atom. The van der Waals surface area contributed by atoms with E-state index in [9.17, 15) is 4.79 Å². The number of halogens is 1. The summed E-state index contributed by atoms with van der Waals surface area (Å²) in [6, 6.07) is 21.6. The summed E-state index contributed by atoms with van der Waals surface area (Å²) in [7, 11) is 0. The minimum atomic E-state index is -0.272. The maximum Gasteiger partial charge on any atom is 0.237 e. The quantitative estimate of drug-likeness (QED) is 0.350. The van der Waals surface area contributed by atoms with Crippen LogP contribution in [0.25, 0.3) is 17.1 Å². The predicted molar refractivity (Wildman–Crippen MR) is 142 cm³/mol. The van der Waals surface area contributed by atoms with E-state index in [1.165, 1.54) is 0 Å². The molecule has 1 aliphatic heterocycles. The number of rotatable bonds is 8. The molecule has 0 bridgehead atoms. The van der Waals surface area contributed by atoms with Crippen molar-refractivity contribution in [2.75, 3.05) is 13.1 Å². The number of hydrogen-bond acceptors (Lipinski definition) is 5. The molecule has 0 aliphatic carbocycles. The monoisotopic (exact) mass is 503 g/mol. The Morgan fingerprint density at radius 2 is 1.97 bits per heavy atom. The van der Waals surface area contributed by atoms with Crippen LogP contribution in [0.15, 0.2) is 89.3 Å². The Balaban J connectivity index is 1.30. The van der Waals surface area contributed by atoms with E-state index in [4.69, 9.17) is 16.6 Å². The molecule has 0 radical (unpaired) electrons. The van der Waals surface area contributed by atoms with Crippen molar-refractivity contribution in [2.24, 2.45) is 0 Å². The van der Waals surface area contributed by atoms with Gasteiger partial charge in [-0.15, -0.1) is 0 Å². The molecule has 2 atom stereocenters. The van der Waals surface area contributed by atoms with Gasteiger partial charge in [-0.1, -0.05) is 71.9 Å². The summed E-state index contributed by atoms with van der Waals surface area (Å²) in [6.07, 6.45) is 6.18. The van der Waals surface area contributed by atoms with Crippen molar-refractivity contribution < 1.29 is 4.79 Å². The van der Waals surface area contributed by atoms with E-state index in [-0.39, 0.29) is 17.2 Å². The second-order valence-corrected chi connectivity index (χ2v) is 10.3. The van der Waals surface area contributed by atoms with Gasteiger partial charge in [0.2, 0.25) is 5.91 Å². The number of nitrogens with zero attached hydrogens (tertiary/aromatic N) is 3. The lowest BCUT2D eigenvalue weighted by atomic mass is 10.2. The number of hydrogen-bond donors (Lipinski definition) is 2. The lowest BCUT2D eigenvalue weighted by Gasteiger charge is -2.23. The minimum absolute atomic E-state index is 0.00531. The number of carbonyl (C=O) groups excluding carboxylic acids is 1. The van der Waals surface area contributed by atoms with Gasteiger partial charge in [0.25, 0.3) is 0 Å². The normalized spacial score (nSPS) is 18.7. The molecule has 8 heteroatoms. The lowest BCUT2D eigenvalue weighted by Crippen LogP contribution is -2.43. The molecule has 0 unspecified atom stereocenters. The molecular formula is C27H26ClN5OS. The Kier molecular flexibility index (Phi) is 7.47. The van der Waals surface area contributed by atoms with E-state index in [0.717, 1.165) is 40.3 Å². The number of carbonyl (C=O) groups is 1. The number of likely N-dealkylation sites (tertiary alicyclic amines) is 1. The first-order valence-electron chi connectivity index (χ1n) is 11.6. The van der Waals surface area contributed by atoms with E-state index in [2.05, 4.69) is 20.2 Å². The SMILES string of the molecule is O=C(NCc1cccnc1)[C@@H]1C[C@@H](Sc2nc3ccccc3[nH]2)CN1C/C(Cl)=C/c1ccccc1. The highest BCUT2D eigenvalue weighted by Gasteiger charge is 2.37. The number of aromatic amines is 1. The molecule has 35 heavy (non-hydrogen) atoms. The molecule has 5 rings (SSSR count). The largest absolute Gasteiger partial charge is 0.351 e. The van der Waals surface area contributed by atoms with E-state index >= 15 is 0 Å². The second-order valence-electron chi connectivity index (χ2n) is 8.56. The van der Waals surface area contributed by atoms with Crippen LogP contribution in [0.1, 0.15) is 17.5 Å². The molecule has 0 spiro atoms. The van der Waals surface area contributed by atoms with E-state index in [1.807, 2.05) is 72.8 Å². The first-order valence-corrected chi connectivity index (χ1v) is 12.8. The van der Waals surface area contributed by atoms with Crippen LogP contribution in [0.5, 0.6) is 0 Å². The van der Waals surface area contributed by atoms with Crippen molar-refractivity contribution >= 4 is 46.4 Å². The number of amides is 1. The molecule has 4 aromatic rings. The van der Waals surface area contributed by atoms with Crippen LogP contribution in [0.4, 0.5) is 0 Å².